The third kappa shape index (κ3) is 5.09. The van der Waals surface area contributed by atoms with Gasteiger partial charge in [0.2, 0.25) is 11.8 Å². The van der Waals surface area contributed by atoms with Gasteiger partial charge >= 0.3 is 0 Å². The van der Waals surface area contributed by atoms with Crippen LogP contribution in [0.15, 0.2) is 18.2 Å². The quantitative estimate of drug-likeness (QED) is 0.747. The highest BCUT2D eigenvalue weighted by molar-refractivity contribution is 5.93. The molecule has 2 fully saturated rings. The normalized spacial score (nSPS) is 24.2. The number of carbonyl (C=O) groups excluding carboxylic acids is 2. The molecule has 3 N–H and O–H groups in total. The van der Waals surface area contributed by atoms with Crippen molar-refractivity contribution >= 4 is 35.6 Å². The second-order valence-electron chi connectivity index (χ2n) is 6.82. The number of methoxy groups -OCH3 is 1. The number of amides is 2. The van der Waals surface area contributed by atoms with Gasteiger partial charge in [-0.05, 0) is 43.7 Å². The lowest BCUT2D eigenvalue weighted by atomic mass is 9.89. The van der Waals surface area contributed by atoms with E-state index in [0.29, 0.717) is 41.5 Å². The van der Waals surface area contributed by atoms with E-state index in [1.165, 1.54) is 26.9 Å². The van der Waals surface area contributed by atoms with E-state index >= 15 is 0 Å². The molecule has 0 saturated carbocycles. The molecule has 2 heterocycles. The minimum atomic E-state index is -0.161. The van der Waals surface area contributed by atoms with Crippen LogP contribution in [0.1, 0.15) is 39.0 Å². The number of nitrogens with one attached hydrogen (secondary N) is 3. The fourth-order valence-corrected chi connectivity index (χ4v) is 3.88. The van der Waals surface area contributed by atoms with E-state index in [1.807, 2.05) is 0 Å². The van der Waals surface area contributed by atoms with Crippen LogP contribution in [0.4, 0.5) is 11.4 Å². The zero-order valence-corrected chi connectivity index (χ0v) is 15.4. The van der Waals surface area contributed by atoms with Crippen molar-refractivity contribution in [2.24, 2.45) is 5.92 Å². The number of hydrogen-bond donors (Lipinski definition) is 3. The minimum absolute atomic E-state index is 0. The van der Waals surface area contributed by atoms with Crippen LogP contribution in [0.3, 0.4) is 0 Å². The molecule has 1 aromatic carbocycles. The van der Waals surface area contributed by atoms with Gasteiger partial charge in [0.15, 0.2) is 0 Å². The van der Waals surface area contributed by atoms with E-state index in [1.54, 1.807) is 18.2 Å². The number of anilines is 2. The Labute approximate surface area is 154 Å². The molecular formula is C18H26ClN3O3. The lowest BCUT2D eigenvalue weighted by Crippen LogP contribution is -2.39. The zero-order chi connectivity index (χ0) is 17.1. The number of hydrogen-bond acceptors (Lipinski definition) is 4. The monoisotopic (exact) mass is 367 g/mol. The second-order valence-corrected chi connectivity index (χ2v) is 6.82. The lowest BCUT2D eigenvalue weighted by Gasteiger charge is -2.28. The molecule has 3 rings (SSSR count). The van der Waals surface area contributed by atoms with Gasteiger partial charge in [0.05, 0.1) is 12.8 Å². The molecule has 2 atom stereocenters. The molecule has 2 bridgehead atoms. The van der Waals surface area contributed by atoms with Gasteiger partial charge in [-0.2, -0.15) is 0 Å². The van der Waals surface area contributed by atoms with Gasteiger partial charge in [-0.15, -0.1) is 12.4 Å². The van der Waals surface area contributed by atoms with Gasteiger partial charge in [0.1, 0.15) is 5.75 Å². The van der Waals surface area contributed by atoms with Gasteiger partial charge in [-0.1, -0.05) is 0 Å². The number of rotatable bonds is 5. The second kappa shape index (κ2) is 8.54. The number of carbonyl (C=O) groups is 2. The number of fused-ring (bicyclic) bond motifs is 2. The Morgan fingerprint density at radius 2 is 1.88 bits per heavy atom. The number of benzene rings is 1. The number of halogens is 1. The molecule has 1 aromatic rings. The fraction of sp³-hybridized carbons (Fsp3) is 0.556. The van der Waals surface area contributed by atoms with Crippen molar-refractivity contribution in [1.82, 2.24) is 5.32 Å². The van der Waals surface area contributed by atoms with Crippen LogP contribution in [0.5, 0.6) is 5.75 Å². The SMILES string of the molecule is COc1cc(NC(=O)CC2CC3CCC(C2)N3)ccc1NC(C)=O.Cl. The van der Waals surface area contributed by atoms with E-state index in [-0.39, 0.29) is 24.2 Å². The molecule has 138 valence electrons. The van der Waals surface area contributed by atoms with E-state index in [9.17, 15) is 9.59 Å². The van der Waals surface area contributed by atoms with Crippen LogP contribution in [0.2, 0.25) is 0 Å². The highest BCUT2D eigenvalue weighted by atomic mass is 35.5. The van der Waals surface area contributed by atoms with Gasteiger partial charge in [-0.3, -0.25) is 9.59 Å². The summed E-state index contributed by atoms with van der Waals surface area (Å²) in [5.41, 5.74) is 1.28. The van der Waals surface area contributed by atoms with Crippen molar-refractivity contribution < 1.29 is 14.3 Å². The summed E-state index contributed by atoms with van der Waals surface area (Å²) in [6.07, 6.45) is 5.23. The average molecular weight is 368 g/mol. The summed E-state index contributed by atoms with van der Waals surface area (Å²) < 4.78 is 5.28. The predicted molar refractivity (Wildman–Crippen MR) is 100 cm³/mol. The van der Waals surface area contributed by atoms with Crippen LogP contribution < -0.4 is 20.7 Å². The van der Waals surface area contributed by atoms with Crippen LogP contribution in [-0.4, -0.2) is 31.0 Å². The summed E-state index contributed by atoms with van der Waals surface area (Å²) in [5.74, 6) is 0.869. The standard InChI is InChI=1S/C18H25N3O3.ClH/c1-11(22)19-16-6-5-15(10-17(16)24-2)21-18(23)9-12-7-13-3-4-14(8-12)20-13;/h5-6,10,12-14,20H,3-4,7-9H2,1-2H3,(H,19,22)(H,21,23);1H. The van der Waals surface area contributed by atoms with Gasteiger partial charge in [0.25, 0.3) is 0 Å². The third-order valence-electron chi connectivity index (χ3n) is 4.84. The fourth-order valence-electron chi connectivity index (χ4n) is 3.88. The van der Waals surface area contributed by atoms with Crippen molar-refractivity contribution in [1.29, 1.82) is 0 Å². The van der Waals surface area contributed by atoms with Crippen LogP contribution in [0.25, 0.3) is 0 Å². The molecule has 0 radical (unpaired) electrons. The maximum Gasteiger partial charge on any atom is 0.224 e. The number of piperidine rings is 1. The third-order valence-corrected chi connectivity index (χ3v) is 4.84. The van der Waals surface area contributed by atoms with Crippen molar-refractivity contribution in [3.63, 3.8) is 0 Å². The summed E-state index contributed by atoms with van der Waals surface area (Å²) in [4.78, 5) is 23.5. The molecule has 2 saturated heterocycles. The van der Waals surface area contributed by atoms with E-state index in [0.717, 1.165) is 12.8 Å². The smallest absolute Gasteiger partial charge is 0.224 e. The molecule has 2 aliphatic rings. The van der Waals surface area contributed by atoms with Crippen LogP contribution >= 0.6 is 12.4 Å². The van der Waals surface area contributed by atoms with E-state index in [2.05, 4.69) is 16.0 Å². The Kier molecular flexibility index (Phi) is 6.67. The first-order valence-corrected chi connectivity index (χ1v) is 8.55. The predicted octanol–water partition coefficient (Wildman–Crippen LogP) is 2.93. The Morgan fingerprint density at radius 3 is 2.48 bits per heavy atom. The average Bonchev–Trinajstić information content (AvgIpc) is 2.87. The van der Waals surface area contributed by atoms with Crippen molar-refractivity contribution in [2.45, 2.75) is 51.1 Å². The Hall–Kier alpha value is -1.79. The molecule has 2 aliphatic heterocycles. The summed E-state index contributed by atoms with van der Waals surface area (Å²) >= 11 is 0. The molecule has 6 nitrogen and oxygen atoms in total. The maximum atomic E-state index is 12.3. The molecule has 2 unspecified atom stereocenters. The van der Waals surface area contributed by atoms with Crippen molar-refractivity contribution in [2.75, 3.05) is 17.7 Å². The summed E-state index contributed by atoms with van der Waals surface area (Å²) in [7, 11) is 1.54. The van der Waals surface area contributed by atoms with Crippen molar-refractivity contribution in [3.8, 4) is 5.75 Å². The molecule has 0 aromatic heterocycles. The van der Waals surface area contributed by atoms with Gasteiger partial charge < -0.3 is 20.7 Å². The maximum absolute atomic E-state index is 12.3. The molecule has 7 heteroatoms. The number of ether oxygens (including phenoxy) is 1. The van der Waals surface area contributed by atoms with Gasteiger partial charge in [0, 0.05) is 37.2 Å². The van der Waals surface area contributed by atoms with Crippen LogP contribution in [0, 0.1) is 5.92 Å². The first-order chi connectivity index (χ1) is 11.5. The summed E-state index contributed by atoms with van der Waals surface area (Å²) in [6.45, 7) is 1.45. The minimum Gasteiger partial charge on any atom is -0.494 e. The highest BCUT2D eigenvalue weighted by Gasteiger charge is 2.34. The van der Waals surface area contributed by atoms with E-state index in [4.69, 9.17) is 4.74 Å². The Morgan fingerprint density at radius 1 is 1.20 bits per heavy atom. The summed E-state index contributed by atoms with van der Waals surface area (Å²) in [5, 5.41) is 9.24. The summed E-state index contributed by atoms with van der Waals surface area (Å²) in [6, 6.07) is 6.44. The Bertz CT molecular complexity index is 626. The highest BCUT2D eigenvalue weighted by Crippen LogP contribution is 2.33. The molecule has 25 heavy (non-hydrogen) atoms. The molecule has 2 amide bonds. The first-order valence-electron chi connectivity index (χ1n) is 8.55. The Balaban J connectivity index is 0.00000225. The molecule has 0 aliphatic carbocycles. The van der Waals surface area contributed by atoms with Gasteiger partial charge in [-0.25, -0.2) is 0 Å². The zero-order valence-electron chi connectivity index (χ0n) is 14.6. The van der Waals surface area contributed by atoms with Crippen LogP contribution in [-0.2, 0) is 9.59 Å². The van der Waals surface area contributed by atoms with Crippen molar-refractivity contribution in [3.05, 3.63) is 18.2 Å². The first kappa shape index (κ1) is 19.5. The largest absolute Gasteiger partial charge is 0.494 e. The lowest BCUT2D eigenvalue weighted by molar-refractivity contribution is -0.117. The topological polar surface area (TPSA) is 79.5 Å². The van der Waals surface area contributed by atoms with E-state index < -0.39 is 0 Å². The molecule has 0 spiro atoms. The molecular weight excluding hydrogens is 342 g/mol.